The molecule has 0 aliphatic carbocycles. The Morgan fingerprint density at radius 3 is 2.09 bits per heavy atom. The summed E-state index contributed by atoms with van der Waals surface area (Å²) in [6.07, 6.45) is 4.19. The molecule has 0 saturated carbocycles. The van der Waals surface area contributed by atoms with Gasteiger partial charge in [0.1, 0.15) is 10.6 Å². The number of benzene rings is 3. The van der Waals surface area contributed by atoms with Gasteiger partial charge in [0, 0.05) is 31.1 Å². The lowest BCUT2D eigenvalue weighted by molar-refractivity contribution is 0.0369. The fourth-order valence-corrected chi connectivity index (χ4v) is 6.87. The fourth-order valence-electron chi connectivity index (χ4n) is 4.86. The van der Waals surface area contributed by atoms with Gasteiger partial charge >= 0.3 is 0 Å². The van der Waals surface area contributed by atoms with Gasteiger partial charge < -0.3 is 10.1 Å². The molecule has 2 saturated heterocycles. The number of piperidine rings is 1. The summed E-state index contributed by atoms with van der Waals surface area (Å²) in [4.78, 5) is 0.235. The monoisotopic (exact) mass is 446 g/mol. The van der Waals surface area contributed by atoms with Gasteiger partial charge in [0.25, 0.3) is 0 Å². The van der Waals surface area contributed by atoms with E-state index in [2.05, 4.69) is 53.9 Å². The van der Waals surface area contributed by atoms with E-state index in [0.29, 0.717) is 18.8 Å². The highest BCUT2D eigenvalue weighted by atomic mass is 32.2. The molecule has 2 aliphatic rings. The largest absolute Gasteiger partial charge is 0.495 e. The van der Waals surface area contributed by atoms with Crippen molar-refractivity contribution in [3.05, 3.63) is 95.6 Å². The number of nitrogens with zero attached hydrogens (tertiary/aromatic N) is 1. The zero-order chi connectivity index (χ0) is 22.1. The van der Waals surface area contributed by atoms with Gasteiger partial charge in [-0.1, -0.05) is 78.9 Å². The summed E-state index contributed by atoms with van der Waals surface area (Å²) in [5.41, 5.74) is 3.47. The molecule has 3 aromatic carbocycles. The van der Waals surface area contributed by atoms with Crippen LogP contribution in [0.15, 0.2) is 83.8 Å². The molecule has 0 aromatic heterocycles. The minimum atomic E-state index is -3.64. The Labute approximate surface area is 189 Å². The van der Waals surface area contributed by atoms with Gasteiger partial charge in [-0.3, -0.25) is 0 Å². The maximum Gasteiger partial charge on any atom is 0.247 e. The predicted octanol–water partition coefficient (Wildman–Crippen LogP) is 3.99. The molecule has 2 fully saturated rings. The number of methoxy groups -OCH3 is 1. The molecule has 1 N–H and O–H groups in total. The molecule has 0 radical (unpaired) electrons. The van der Waals surface area contributed by atoms with E-state index in [1.54, 1.807) is 28.6 Å². The highest BCUT2D eigenvalue weighted by Crippen LogP contribution is 2.46. The van der Waals surface area contributed by atoms with Crippen molar-refractivity contribution in [2.75, 3.05) is 20.2 Å². The first-order chi connectivity index (χ1) is 15.6. The van der Waals surface area contributed by atoms with Gasteiger partial charge in [-0.25, -0.2) is 8.42 Å². The Bertz CT molecular complexity index is 1210. The smallest absolute Gasteiger partial charge is 0.247 e. The number of hydrogen-bond acceptors (Lipinski definition) is 4. The summed E-state index contributed by atoms with van der Waals surface area (Å²) >= 11 is 0. The number of sulfonamides is 1. The van der Waals surface area contributed by atoms with Crippen LogP contribution in [-0.4, -0.2) is 45.0 Å². The molecule has 5 rings (SSSR count). The molecule has 3 atom stereocenters. The van der Waals surface area contributed by atoms with Crippen LogP contribution in [0.25, 0.3) is 12.2 Å². The maximum atomic E-state index is 13.5. The van der Waals surface area contributed by atoms with E-state index >= 15 is 0 Å². The molecule has 6 heteroatoms. The lowest BCUT2D eigenvalue weighted by Gasteiger charge is -2.57. The van der Waals surface area contributed by atoms with E-state index in [1.165, 1.54) is 12.7 Å². The number of hydrogen-bond donors (Lipinski definition) is 1. The molecule has 0 spiro atoms. The Balaban J connectivity index is 1.37. The average Bonchev–Trinajstić information content (AvgIpc) is 2.84. The number of ether oxygens (including phenoxy) is 1. The van der Waals surface area contributed by atoms with Gasteiger partial charge in [0.15, 0.2) is 0 Å². The van der Waals surface area contributed by atoms with Crippen LogP contribution in [0, 0.1) is 0 Å². The van der Waals surface area contributed by atoms with Gasteiger partial charge in [-0.2, -0.15) is 4.31 Å². The standard InChI is InChI=1S/C26H26N2O3S/c1-31-24-9-5-6-10-25(24)32(29,30)28-22-17-27-18-23(28)26(22)21-15-13-20(14-16-21)12-11-19-7-3-2-4-8-19/h2-16,22-23,26-27H,17-18H2,1H3/b12-11+/t22-,23+,26?. The Morgan fingerprint density at radius 1 is 0.844 bits per heavy atom. The van der Waals surface area contributed by atoms with E-state index in [1.807, 2.05) is 18.2 Å². The molecule has 2 heterocycles. The zero-order valence-electron chi connectivity index (χ0n) is 17.9. The number of nitrogens with one attached hydrogen (secondary N) is 1. The quantitative estimate of drug-likeness (QED) is 0.582. The fraction of sp³-hybridized carbons (Fsp3) is 0.231. The van der Waals surface area contributed by atoms with Crippen LogP contribution in [0.4, 0.5) is 0 Å². The second-order valence-electron chi connectivity index (χ2n) is 8.22. The first kappa shape index (κ1) is 20.9. The zero-order valence-corrected chi connectivity index (χ0v) is 18.7. The van der Waals surface area contributed by atoms with Gasteiger partial charge in [0.05, 0.1) is 7.11 Å². The highest BCUT2D eigenvalue weighted by molar-refractivity contribution is 7.89. The normalized spacial score (nSPS) is 23.1. The third kappa shape index (κ3) is 3.64. The predicted molar refractivity (Wildman–Crippen MR) is 127 cm³/mol. The summed E-state index contributed by atoms with van der Waals surface area (Å²) in [6, 6.07) is 25.3. The third-order valence-corrected chi connectivity index (χ3v) is 8.39. The summed E-state index contributed by atoms with van der Waals surface area (Å²) < 4.78 is 33.9. The van der Waals surface area contributed by atoms with Crippen molar-refractivity contribution in [1.82, 2.24) is 9.62 Å². The highest BCUT2D eigenvalue weighted by Gasteiger charge is 2.57. The van der Waals surface area contributed by atoms with Crippen LogP contribution in [0.2, 0.25) is 0 Å². The van der Waals surface area contributed by atoms with Crippen molar-refractivity contribution < 1.29 is 13.2 Å². The Kier molecular flexibility index (Phi) is 5.59. The molecule has 32 heavy (non-hydrogen) atoms. The van der Waals surface area contributed by atoms with E-state index in [9.17, 15) is 8.42 Å². The molecule has 2 aliphatic heterocycles. The SMILES string of the molecule is COc1ccccc1S(=O)(=O)N1[C@@H]2CNC[C@H]1C2c1ccc(/C=C/c2ccccc2)cc1. The minimum absolute atomic E-state index is 0.102. The average molecular weight is 447 g/mol. The Hall–Kier alpha value is -2.93. The van der Waals surface area contributed by atoms with Crippen molar-refractivity contribution in [1.29, 1.82) is 0 Å². The van der Waals surface area contributed by atoms with Crippen LogP contribution >= 0.6 is 0 Å². The van der Waals surface area contributed by atoms with Gasteiger partial charge in [-0.05, 0) is 28.8 Å². The van der Waals surface area contributed by atoms with Crippen molar-refractivity contribution >= 4 is 22.2 Å². The molecule has 164 valence electrons. The van der Waals surface area contributed by atoms with E-state index in [4.69, 9.17) is 4.74 Å². The summed E-state index contributed by atoms with van der Waals surface area (Å²) in [7, 11) is -2.13. The van der Waals surface area contributed by atoms with E-state index in [-0.39, 0.29) is 22.9 Å². The second-order valence-corrected chi connectivity index (χ2v) is 10.0. The first-order valence-corrected chi connectivity index (χ1v) is 12.2. The minimum Gasteiger partial charge on any atom is -0.495 e. The van der Waals surface area contributed by atoms with Crippen LogP contribution < -0.4 is 10.1 Å². The van der Waals surface area contributed by atoms with Crippen LogP contribution in [0.3, 0.4) is 0 Å². The van der Waals surface area contributed by atoms with Crippen LogP contribution in [0.1, 0.15) is 22.6 Å². The maximum absolute atomic E-state index is 13.5. The van der Waals surface area contributed by atoms with E-state index in [0.717, 1.165) is 11.1 Å². The first-order valence-electron chi connectivity index (χ1n) is 10.8. The van der Waals surface area contributed by atoms with Gasteiger partial charge in [0.2, 0.25) is 10.0 Å². The Morgan fingerprint density at radius 2 is 1.44 bits per heavy atom. The van der Waals surface area contributed by atoms with Crippen LogP contribution in [0.5, 0.6) is 5.75 Å². The van der Waals surface area contributed by atoms with Crippen molar-refractivity contribution in [3.63, 3.8) is 0 Å². The topological polar surface area (TPSA) is 58.6 Å². The summed E-state index contributed by atoms with van der Waals surface area (Å²) in [6.45, 7) is 1.29. The van der Waals surface area contributed by atoms with Crippen molar-refractivity contribution in [3.8, 4) is 5.75 Å². The molecule has 1 unspecified atom stereocenters. The number of para-hydroxylation sites is 1. The lowest BCUT2D eigenvalue weighted by atomic mass is 9.75. The molecule has 2 bridgehead atoms. The molecule has 3 aromatic rings. The summed E-state index contributed by atoms with van der Waals surface area (Å²) in [5.74, 6) is 0.574. The molecule has 0 amide bonds. The number of fused-ring (bicyclic) bond motifs is 2. The number of piperazine rings is 1. The molecular weight excluding hydrogens is 420 g/mol. The molecular formula is C26H26N2O3S. The number of rotatable bonds is 6. The third-order valence-electron chi connectivity index (χ3n) is 6.40. The van der Waals surface area contributed by atoms with Gasteiger partial charge in [-0.15, -0.1) is 0 Å². The van der Waals surface area contributed by atoms with Crippen molar-refractivity contribution in [2.24, 2.45) is 0 Å². The van der Waals surface area contributed by atoms with Crippen LogP contribution in [-0.2, 0) is 10.0 Å². The molecule has 5 nitrogen and oxygen atoms in total. The van der Waals surface area contributed by atoms with Crippen molar-refractivity contribution in [2.45, 2.75) is 22.9 Å². The lowest BCUT2D eigenvalue weighted by Crippen LogP contribution is -2.73. The second kappa shape index (κ2) is 8.54. The van der Waals surface area contributed by atoms with E-state index < -0.39 is 10.0 Å². The summed E-state index contributed by atoms with van der Waals surface area (Å²) in [5, 5.41) is 3.37.